The minimum atomic E-state index is -2.83. The lowest BCUT2D eigenvalue weighted by Gasteiger charge is -2.56. The van der Waals surface area contributed by atoms with Crippen molar-refractivity contribution in [2.75, 3.05) is 20.6 Å². The number of hydrogen-bond acceptors (Lipinski definition) is 4. The molecule has 1 aromatic rings. The van der Waals surface area contributed by atoms with Crippen LogP contribution in [0.4, 0.5) is 0 Å². The first-order valence-electron chi connectivity index (χ1n) is 11.7. The highest BCUT2D eigenvalue weighted by atomic mass is 16.5. The number of rotatable bonds is 2. The Morgan fingerprint density at radius 1 is 1.59 bits per heavy atom. The number of hydrogen-bond donors (Lipinski definition) is 1. The number of likely N-dealkylation sites (N-methyl/N-ethyl adjacent to an activating group) is 1. The fraction of sp³-hybridized carbons (Fsp3) is 0.556. The van der Waals surface area contributed by atoms with Crippen molar-refractivity contribution in [3.63, 3.8) is 0 Å². The number of nitrogens with zero attached hydrogens (tertiary/aromatic N) is 1. The van der Waals surface area contributed by atoms with Crippen molar-refractivity contribution in [2.24, 2.45) is 5.89 Å². The van der Waals surface area contributed by atoms with Gasteiger partial charge in [-0.25, -0.2) is 0 Å². The minimum Gasteiger partial charge on any atom is -0.493 e. The summed E-state index contributed by atoms with van der Waals surface area (Å²) in [5.41, 5.74) is -1.16. The van der Waals surface area contributed by atoms with Crippen molar-refractivity contribution in [3.05, 3.63) is 35.4 Å². The van der Waals surface area contributed by atoms with Crippen LogP contribution >= 0.6 is 0 Å². The monoisotopic (exact) mass is 308 g/mol. The zero-order valence-corrected chi connectivity index (χ0v) is 12.0. The van der Waals surface area contributed by atoms with Gasteiger partial charge in [-0.1, -0.05) is 18.2 Å². The summed E-state index contributed by atoms with van der Waals surface area (Å²) in [6, 6.07) is 0.326. The summed E-state index contributed by atoms with van der Waals surface area (Å²) >= 11 is 0. The first-order chi connectivity index (χ1) is 14.3. The second-order valence-electron chi connectivity index (χ2n) is 6.01. The molecule has 116 valence electrons. The summed E-state index contributed by atoms with van der Waals surface area (Å²) in [6.07, 6.45) is -3.65. The van der Waals surface area contributed by atoms with Crippen molar-refractivity contribution < 1.29 is 25.5 Å². The van der Waals surface area contributed by atoms with Crippen LogP contribution in [0.3, 0.4) is 0 Å². The molecule has 0 radical (unpaired) electrons. The molecule has 1 aromatic carbocycles. The second-order valence-corrected chi connectivity index (χ2v) is 6.01. The average Bonchev–Trinajstić information content (AvgIpc) is 3.05. The van der Waals surface area contributed by atoms with E-state index in [1.54, 1.807) is 0 Å². The Labute approximate surface area is 143 Å². The lowest BCUT2D eigenvalue weighted by atomic mass is 9.53. The van der Waals surface area contributed by atoms with Crippen molar-refractivity contribution in [1.29, 1.82) is 1.43 Å². The second kappa shape index (κ2) is 4.06. The molecule has 2 aliphatic heterocycles. The molecule has 4 aliphatic rings. The largest absolute Gasteiger partial charge is 0.493 e. The zero-order chi connectivity index (χ0) is 22.8. The molecule has 5 atom stereocenters. The summed E-state index contributed by atoms with van der Waals surface area (Å²) in [5, 5.41) is 4.72. The first kappa shape index (κ1) is 6.93. The highest BCUT2D eigenvalue weighted by molar-refractivity contribution is 5.62. The third-order valence-corrected chi connectivity index (χ3v) is 5.13. The molecule has 5 rings (SSSR count). The van der Waals surface area contributed by atoms with Crippen LogP contribution < -0.4 is 9.47 Å². The number of benzene rings is 1. The number of ether oxygens (including phenoxy) is 2. The molecule has 2 bridgehead atoms. The predicted molar refractivity (Wildman–Crippen MR) is 82.5 cm³/mol. The molecule has 22 heavy (non-hydrogen) atoms. The van der Waals surface area contributed by atoms with Crippen LogP contribution in [0.25, 0.3) is 0 Å². The van der Waals surface area contributed by atoms with Crippen LogP contribution in [0.1, 0.15) is 28.5 Å². The van der Waals surface area contributed by atoms with Gasteiger partial charge >= 0.3 is 0 Å². The Bertz CT molecular complexity index is 1020. The lowest BCUT2D eigenvalue weighted by Crippen LogP contribution is -2.64. The third kappa shape index (κ3) is 1.28. The van der Waals surface area contributed by atoms with Gasteiger partial charge in [-0.15, -0.1) is 0 Å². The van der Waals surface area contributed by atoms with Gasteiger partial charge in [0.25, 0.3) is 0 Å². The molecule has 2 heterocycles. The van der Waals surface area contributed by atoms with Gasteiger partial charge in [0.15, 0.2) is 11.5 Å². The quantitative estimate of drug-likeness (QED) is 0.841. The number of methoxy groups -OCH3 is 1. The van der Waals surface area contributed by atoms with E-state index in [1.165, 1.54) is 19.2 Å². The zero-order valence-electron chi connectivity index (χ0n) is 21.0. The fourth-order valence-corrected chi connectivity index (χ4v) is 4.21. The van der Waals surface area contributed by atoms with Gasteiger partial charge in [-0.2, -0.15) is 0 Å². The van der Waals surface area contributed by atoms with Crippen LogP contribution in [0, 0.1) is 5.89 Å². The van der Waals surface area contributed by atoms with Gasteiger partial charge in [0.05, 0.1) is 8.48 Å². The van der Waals surface area contributed by atoms with Crippen LogP contribution in [-0.4, -0.2) is 50.3 Å². The summed E-state index contributed by atoms with van der Waals surface area (Å²) in [7, 11) is 1.41. The Morgan fingerprint density at radius 2 is 2.55 bits per heavy atom. The molecule has 0 saturated carbocycles. The van der Waals surface area contributed by atoms with E-state index < -0.39 is 42.9 Å². The van der Waals surface area contributed by atoms with Crippen LogP contribution in [-0.2, 0) is 11.8 Å². The third-order valence-electron chi connectivity index (χ3n) is 5.13. The van der Waals surface area contributed by atoms with E-state index >= 15 is 0 Å². The van der Waals surface area contributed by atoms with Gasteiger partial charge in [0, 0.05) is 32.5 Å². The van der Waals surface area contributed by atoms with Gasteiger partial charge in [-0.3, -0.25) is 0 Å². The lowest BCUT2D eigenvalue weighted by molar-refractivity contribution is -0.0453. The SMILES string of the molecule is [2H]OC1([2H])C=C[C@]2([2H])[C@@]34CCN(C([2H])([2H])[2H])[C@]2([2H])C([2H])([2H])c2ccc(OC)c(c23)OC14. The van der Waals surface area contributed by atoms with E-state index in [0.29, 0.717) is 5.56 Å². The Morgan fingerprint density at radius 3 is 3.36 bits per heavy atom. The van der Waals surface area contributed by atoms with E-state index in [-0.39, 0.29) is 30.0 Å². The predicted octanol–water partition coefficient (Wildman–Crippen LogP) is 1.50. The Balaban J connectivity index is 1.96. The average molecular weight is 308 g/mol. The van der Waals surface area contributed by atoms with Gasteiger partial charge in [0.1, 0.15) is 12.2 Å². The summed E-state index contributed by atoms with van der Waals surface area (Å²) in [5.74, 6) is -1.75. The smallest absolute Gasteiger partial charge is 0.211 e. The molecule has 1 N–H and O–H groups in total. The summed E-state index contributed by atoms with van der Waals surface area (Å²) < 4.78 is 88.4. The molecule has 1 spiro atoms. The molecular formula is C18H21NO3. The minimum absolute atomic E-state index is 0.00222. The fourth-order valence-electron chi connectivity index (χ4n) is 4.21. The molecular weight excluding hydrogens is 278 g/mol. The number of piperidine rings is 1. The Kier molecular flexibility index (Phi) is 1.28. The van der Waals surface area contributed by atoms with Gasteiger partial charge in [0.2, 0.25) is 1.43 Å². The normalized spacial score (nSPS) is 59.9. The molecule has 1 saturated heterocycles. The molecule has 2 aliphatic carbocycles. The van der Waals surface area contributed by atoms with Crippen molar-refractivity contribution >= 4 is 0 Å². The van der Waals surface area contributed by atoms with E-state index in [9.17, 15) is 2.74 Å². The topological polar surface area (TPSA) is 41.9 Å². The standard InChI is InChI=1S/C18H21NO3/c1-19-8-7-18-11-4-5-13(20)17(18)22-16-14(21-2)6-3-10(15(16)18)9-12(11)19/h3-6,11-13,17,20H,7-9H2,1-2H3/t11-,12+,13?,17?,18-/m0/s1/i1D3,9D2,11D,12D,13D,20D. The van der Waals surface area contributed by atoms with E-state index in [1.807, 2.05) is 0 Å². The maximum absolute atomic E-state index is 9.49. The van der Waals surface area contributed by atoms with Gasteiger partial charge in [-0.05, 0) is 37.9 Å². The number of likely N-dealkylation sites (tertiary alicyclic amines) is 1. The van der Waals surface area contributed by atoms with Crippen LogP contribution in [0.2, 0.25) is 0 Å². The molecule has 1 fully saturated rings. The molecule has 4 nitrogen and oxygen atoms in total. The summed E-state index contributed by atoms with van der Waals surface area (Å²) in [4.78, 5) is 0.767. The first-order valence-corrected chi connectivity index (χ1v) is 7.27. The van der Waals surface area contributed by atoms with Gasteiger partial charge < -0.3 is 19.5 Å². The van der Waals surface area contributed by atoms with Crippen LogP contribution in [0.15, 0.2) is 24.3 Å². The summed E-state index contributed by atoms with van der Waals surface area (Å²) in [6.45, 7) is -3.06. The van der Waals surface area contributed by atoms with Crippen molar-refractivity contribution in [2.45, 2.75) is 36.4 Å². The molecule has 4 heteroatoms. The Hall–Kier alpha value is -1.52. The maximum atomic E-state index is 9.49. The van der Waals surface area contributed by atoms with Crippen LogP contribution in [0.5, 0.6) is 11.5 Å². The van der Waals surface area contributed by atoms with E-state index in [0.717, 1.165) is 17.1 Å². The number of aliphatic hydroxyl groups is 1. The maximum Gasteiger partial charge on any atom is 0.211 e. The molecule has 2 unspecified atom stereocenters. The highest BCUT2D eigenvalue weighted by Crippen LogP contribution is 2.62. The molecule has 0 aromatic heterocycles. The highest BCUT2D eigenvalue weighted by Gasteiger charge is 2.64. The molecule has 0 amide bonds. The van der Waals surface area contributed by atoms with Crippen molar-refractivity contribution in [3.8, 4) is 11.5 Å². The van der Waals surface area contributed by atoms with E-state index in [2.05, 4.69) is 0 Å². The van der Waals surface area contributed by atoms with E-state index in [4.69, 9.17) is 24.2 Å². The van der Waals surface area contributed by atoms with Crippen molar-refractivity contribution in [1.82, 2.24) is 4.90 Å².